The molecule has 34 heavy (non-hydrogen) atoms. The van der Waals surface area contributed by atoms with Crippen LogP contribution in [0, 0.1) is 0 Å². The van der Waals surface area contributed by atoms with Crippen LogP contribution in [0.25, 0.3) is 16.7 Å². The molecule has 2 aromatic carbocycles. The van der Waals surface area contributed by atoms with Crippen molar-refractivity contribution < 1.29 is 18.0 Å². The van der Waals surface area contributed by atoms with Gasteiger partial charge in [0.15, 0.2) is 10.9 Å². The van der Waals surface area contributed by atoms with Gasteiger partial charge in [-0.3, -0.25) is 20.2 Å². The molecular weight excluding hydrogens is 487 g/mol. The molecule has 11 heteroatoms. The third-order valence-corrected chi connectivity index (χ3v) is 5.35. The van der Waals surface area contributed by atoms with E-state index in [9.17, 15) is 18.0 Å². The summed E-state index contributed by atoms with van der Waals surface area (Å²) in [5.74, 6) is -0.240. The average Bonchev–Trinajstić information content (AvgIpc) is 3.16. The summed E-state index contributed by atoms with van der Waals surface area (Å²) in [6.07, 6.45) is -2.22. The Balaban J connectivity index is 1.52. The number of hydrazine groups is 1. The fourth-order valence-corrected chi connectivity index (χ4v) is 3.78. The zero-order valence-electron chi connectivity index (χ0n) is 17.4. The van der Waals surface area contributed by atoms with Gasteiger partial charge in [-0.25, -0.2) is 4.98 Å². The van der Waals surface area contributed by atoms with Crippen molar-refractivity contribution >= 4 is 51.4 Å². The SMILES string of the molecule is O=C(Cc1cn(-c2ncc(C(F)(F)F)cc2Cl)c2ccccc12)NNC(=S)Nc1ccccc1. The maximum atomic E-state index is 13.0. The number of aromatic nitrogens is 2. The quantitative estimate of drug-likeness (QED) is 0.262. The maximum absolute atomic E-state index is 13.0. The van der Waals surface area contributed by atoms with Crippen LogP contribution in [-0.4, -0.2) is 20.6 Å². The second kappa shape index (κ2) is 9.70. The van der Waals surface area contributed by atoms with Crippen molar-refractivity contribution in [2.75, 3.05) is 5.32 Å². The molecule has 3 N–H and O–H groups in total. The molecule has 4 aromatic rings. The van der Waals surface area contributed by atoms with Gasteiger partial charge in [-0.05, 0) is 42.0 Å². The number of hydrogen-bond acceptors (Lipinski definition) is 3. The molecule has 0 fully saturated rings. The minimum atomic E-state index is -4.56. The lowest BCUT2D eigenvalue weighted by Gasteiger charge is -2.11. The van der Waals surface area contributed by atoms with Crippen LogP contribution in [0.3, 0.4) is 0 Å². The van der Waals surface area contributed by atoms with Gasteiger partial charge < -0.3 is 5.32 Å². The maximum Gasteiger partial charge on any atom is 0.417 e. The Morgan fingerprint density at radius 3 is 2.47 bits per heavy atom. The molecule has 2 aromatic heterocycles. The summed E-state index contributed by atoms with van der Waals surface area (Å²) in [4.78, 5) is 16.5. The number of fused-ring (bicyclic) bond motifs is 1. The monoisotopic (exact) mass is 503 g/mol. The largest absolute Gasteiger partial charge is 0.417 e. The van der Waals surface area contributed by atoms with Gasteiger partial charge in [0.2, 0.25) is 5.91 Å². The number of anilines is 1. The fraction of sp³-hybridized carbons (Fsp3) is 0.0870. The lowest BCUT2D eigenvalue weighted by molar-refractivity contribution is -0.137. The number of para-hydroxylation sites is 2. The third-order valence-electron chi connectivity index (χ3n) is 4.87. The van der Waals surface area contributed by atoms with E-state index in [1.54, 1.807) is 29.0 Å². The molecule has 1 amide bonds. The molecule has 2 heterocycles. The summed E-state index contributed by atoms with van der Waals surface area (Å²) in [5.41, 5.74) is 6.27. The van der Waals surface area contributed by atoms with Crippen LogP contribution in [0.5, 0.6) is 0 Å². The number of amides is 1. The molecule has 4 rings (SSSR count). The normalized spacial score (nSPS) is 11.3. The Bertz CT molecular complexity index is 1360. The number of hydrogen-bond donors (Lipinski definition) is 3. The summed E-state index contributed by atoms with van der Waals surface area (Å²) >= 11 is 11.3. The molecule has 0 bridgehead atoms. The molecule has 0 radical (unpaired) electrons. The topological polar surface area (TPSA) is 71.0 Å². The number of alkyl halides is 3. The first kappa shape index (κ1) is 23.5. The number of carbonyl (C=O) groups excluding carboxylic acids is 1. The molecule has 6 nitrogen and oxygen atoms in total. The Morgan fingerprint density at radius 1 is 1.06 bits per heavy atom. The van der Waals surface area contributed by atoms with E-state index in [1.165, 1.54) is 0 Å². The number of benzene rings is 2. The first-order chi connectivity index (χ1) is 16.2. The van der Waals surface area contributed by atoms with E-state index in [4.69, 9.17) is 23.8 Å². The number of carbonyl (C=O) groups is 1. The predicted molar refractivity (Wildman–Crippen MR) is 129 cm³/mol. The van der Waals surface area contributed by atoms with Gasteiger partial charge in [-0.1, -0.05) is 48.0 Å². The summed E-state index contributed by atoms with van der Waals surface area (Å²) < 4.78 is 40.5. The Hall–Kier alpha value is -3.63. The number of rotatable bonds is 4. The van der Waals surface area contributed by atoms with E-state index >= 15 is 0 Å². The Morgan fingerprint density at radius 2 is 1.76 bits per heavy atom. The van der Waals surface area contributed by atoms with Crippen LogP contribution in [0.15, 0.2) is 73.1 Å². The summed E-state index contributed by atoms with van der Waals surface area (Å²) in [5, 5.41) is 3.72. The average molecular weight is 504 g/mol. The first-order valence-corrected chi connectivity index (χ1v) is 10.7. The number of nitrogens with zero attached hydrogens (tertiary/aromatic N) is 2. The second-order valence-electron chi connectivity index (χ2n) is 7.24. The van der Waals surface area contributed by atoms with Crippen LogP contribution < -0.4 is 16.2 Å². The smallest absolute Gasteiger partial charge is 0.331 e. The minimum absolute atomic E-state index is 0.0211. The molecule has 0 aliphatic heterocycles. The lowest BCUT2D eigenvalue weighted by Crippen LogP contribution is -2.44. The molecule has 0 saturated carbocycles. The molecule has 0 unspecified atom stereocenters. The molecule has 0 aliphatic rings. The number of halogens is 4. The van der Waals surface area contributed by atoms with Gasteiger partial charge in [0.1, 0.15) is 0 Å². The van der Waals surface area contributed by atoms with Crippen molar-refractivity contribution in [3.8, 4) is 5.82 Å². The van der Waals surface area contributed by atoms with Gasteiger partial charge in [0.05, 0.1) is 22.5 Å². The molecule has 0 spiro atoms. The molecule has 0 atom stereocenters. The van der Waals surface area contributed by atoms with Crippen LogP contribution in [0.1, 0.15) is 11.1 Å². The van der Waals surface area contributed by atoms with Gasteiger partial charge >= 0.3 is 6.18 Å². The van der Waals surface area contributed by atoms with E-state index in [0.29, 0.717) is 11.1 Å². The standard InChI is InChI=1S/C23H17ClF3N5OS/c24-18-11-15(23(25,26)27)12-28-21(18)32-13-14(17-8-4-5-9-19(17)32)10-20(33)30-31-22(34)29-16-6-2-1-3-7-16/h1-9,11-13H,10H2,(H,30,33)(H2,29,31,34). The number of pyridine rings is 1. The van der Waals surface area contributed by atoms with Crippen molar-refractivity contribution in [2.24, 2.45) is 0 Å². The van der Waals surface area contributed by atoms with Crippen LogP contribution in [0.2, 0.25) is 5.02 Å². The second-order valence-corrected chi connectivity index (χ2v) is 8.05. The van der Waals surface area contributed by atoms with Crippen molar-refractivity contribution in [1.29, 1.82) is 0 Å². The van der Waals surface area contributed by atoms with E-state index in [2.05, 4.69) is 21.2 Å². The van der Waals surface area contributed by atoms with Crippen LogP contribution >= 0.6 is 23.8 Å². The highest BCUT2D eigenvalue weighted by atomic mass is 35.5. The lowest BCUT2D eigenvalue weighted by atomic mass is 10.1. The van der Waals surface area contributed by atoms with Gasteiger partial charge in [-0.15, -0.1) is 0 Å². The highest BCUT2D eigenvalue weighted by molar-refractivity contribution is 7.80. The van der Waals surface area contributed by atoms with E-state index in [0.717, 1.165) is 23.3 Å². The Labute approximate surface area is 202 Å². The molecule has 0 saturated heterocycles. The molecule has 0 aliphatic carbocycles. The zero-order valence-corrected chi connectivity index (χ0v) is 18.9. The van der Waals surface area contributed by atoms with Crippen LogP contribution in [-0.2, 0) is 17.4 Å². The van der Waals surface area contributed by atoms with Crippen molar-refractivity contribution in [1.82, 2.24) is 20.4 Å². The van der Waals surface area contributed by atoms with Gasteiger partial charge in [-0.2, -0.15) is 13.2 Å². The van der Waals surface area contributed by atoms with E-state index in [-0.39, 0.29) is 28.3 Å². The Kier molecular flexibility index (Phi) is 6.71. The number of thiocarbonyl (C=S) groups is 1. The summed E-state index contributed by atoms with van der Waals surface area (Å²) in [6.45, 7) is 0. The van der Waals surface area contributed by atoms with Crippen molar-refractivity contribution in [3.63, 3.8) is 0 Å². The van der Waals surface area contributed by atoms with E-state index < -0.39 is 11.7 Å². The minimum Gasteiger partial charge on any atom is -0.331 e. The molecular formula is C23H17ClF3N5OS. The van der Waals surface area contributed by atoms with Crippen molar-refractivity contribution in [3.05, 3.63) is 89.2 Å². The van der Waals surface area contributed by atoms with Gasteiger partial charge in [0, 0.05) is 23.5 Å². The highest BCUT2D eigenvalue weighted by Gasteiger charge is 2.32. The van der Waals surface area contributed by atoms with Gasteiger partial charge in [0.25, 0.3) is 0 Å². The predicted octanol–water partition coefficient (Wildman–Crippen LogP) is 5.26. The highest BCUT2D eigenvalue weighted by Crippen LogP contribution is 2.33. The third kappa shape index (κ3) is 5.29. The summed E-state index contributed by atoms with van der Waals surface area (Å²) in [6, 6.07) is 17.2. The zero-order chi connectivity index (χ0) is 24.3. The van der Waals surface area contributed by atoms with Crippen molar-refractivity contribution in [2.45, 2.75) is 12.6 Å². The molecule has 174 valence electrons. The van der Waals surface area contributed by atoms with Crippen LogP contribution in [0.4, 0.5) is 18.9 Å². The fourth-order valence-electron chi connectivity index (χ4n) is 3.36. The first-order valence-electron chi connectivity index (χ1n) is 9.95. The van der Waals surface area contributed by atoms with E-state index in [1.807, 2.05) is 36.4 Å². The summed E-state index contributed by atoms with van der Waals surface area (Å²) in [7, 11) is 0. The number of nitrogens with one attached hydrogen (secondary N) is 3.